The second-order valence-electron chi connectivity index (χ2n) is 3.26. The first kappa shape index (κ1) is 11.0. The molecule has 1 rings (SSSR count). The Morgan fingerprint density at radius 1 is 1.43 bits per heavy atom. The van der Waals surface area contributed by atoms with E-state index in [9.17, 15) is 9.59 Å². The lowest BCUT2D eigenvalue weighted by Crippen LogP contribution is -2.47. The summed E-state index contributed by atoms with van der Waals surface area (Å²) in [5.41, 5.74) is 5.46. The standard InChI is InChI=1S/C9H16N2O3/c1-2-14-9(13)7(10)8(12)11-5-3-4-6-11/h7H,2-6,10H2,1H3. The molecule has 2 N–H and O–H groups in total. The van der Waals surface area contributed by atoms with Crippen LogP contribution < -0.4 is 5.73 Å². The zero-order chi connectivity index (χ0) is 10.6. The quantitative estimate of drug-likeness (QED) is 0.492. The van der Waals surface area contributed by atoms with Gasteiger partial charge in [0.05, 0.1) is 6.61 Å². The summed E-state index contributed by atoms with van der Waals surface area (Å²) in [6, 6.07) is -1.15. The average Bonchev–Trinajstić information content (AvgIpc) is 2.68. The van der Waals surface area contributed by atoms with E-state index >= 15 is 0 Å². The topological polar surface area (TPSA) is 72.6 Å². The van der Waals surface area contributed by atoms with Crippen LogP contribution in [0, 0.1) is 0 Å². The molecule has 14 heavy (non-hydrogen) atoms. The molecule has 1 fully saturated rings. The predicted octanol–water partition coefficient (Wildman–Crippen LogP) is -0.501. The monoisotopic (exact) mass is 200 g/mol. The maximum Gasteiger partial charge on any atom is 0.332 e. The second kappa shape index (κ2) is 4.95. The fourth-order valence-electron chi connectivity index (χ4n) is 1.47. The Bertz CT molecular complexity index is 224. The van der Waals surface area contributed by atoms with Crippen LogP contribution in [-0.4, -0.2) is 42.5 Å². The third kappa shape index (κ3) is 2.45. The van der Waals surface area contributed by atoms with Gasteiger partial charge < -0.3 is 15.4 Å². The van der Waals surface area contributed by atoms with Gasteiger partial charge in [-0.3, -0.25) is 4.79 Å². The fraction of sp³-hybridized carbons (Fsp3) is 0.778. The number of rotatable bonds is 3. The Hall–Kier alpha value is -1.10. The summed E-state index contributed by atoms with van der Waals surface area (Å²) >= 11 is 0. The summed E-state index contributed by atoms with van der Waals surface area (Å²) in [5.74, 6) is -0.953. The first-order valence-electron chi connectivity index (χ1n) is 4.87. The molecule has 0 bridgehead atoms. The Balaban J connectivity index is 2.46. The molecule has 0 spiro atoms. The van der Waals surface area contributed by atoms with Crippen molar-refractivity contribution in [3.05, 3.63) is 0 Å². The van der Waals surface area contributed by atoms with Gasteiger partial charge >= 0.3 is 5.97 Å². The lowest BCUT2D eigenvalue weighted by atomic mass is 10.3. The molecule has 0 radical (unpaired) electrons. The molecule has 1 saturated heterocycles. The molecule has 0 aromatic carbocycles. The number of nitrogens with two attached hydrogens (primary N) is 1. The van der Waals surface area contributed by atoms with E-state index in [1.165, 1.54) is 0 Å². The maximum absolute atomic E-state index is 11.6. The summed E-state index contributed by atoms with van der Waals surface area (Å²) in [5, 5.41) is 0. The van der Waals surface area contributed by atoms with E-state index in [0.717, 1.165) is 12.8 Å². The van der Waals surface area contributed by atoms with Crippen molar-refractivity contribution in [1.29, 1.82) is 0 Å². The molecule has 1 aliphatic heterocycles. The molecule has 0 aromatic heterocycles. The van der Waals surface area contributed by atoms with E-state index < -0.39 is 12.0 Å². The third-order valence-electron chi connectivity index (χ3n) is 2.22. The highest BCUT2D eigenvalue weighted by Gasteiger charge is 2.29. The molecule has 1 heterocycles. The Morgan fingerprint density at radius 3 is 2.50 bits per heavy atom. The summed E-state index contributed by atoms with van der Waals surface area (Å²) in [4.78, 5) is 24.3. The first-order valence-corrected chi connectivity index (χ1v) is 4.87. The van der Waals surface area contributed by atoms with Gasteiger partial charge in [0.25, 0.3) is 5.91 Å². The van der Waals surface area contributed by atoms with Crippen molar-refractivity contribution < 1.29 is 14.3 Å². The number of likely N-dealkylation sites (tertiary alicyclic amines) is 1. The molecule has 1 amide bonds. The van der Waals surface area contributed by atoms with Gasteiger partial charge in [0.1, 0.15) is 0 Å². The minimum atomic E-state index is -1.15. The number of ether oxygens (including phenoxy) is 1. The van der Waals surface area contributed by atoms with Crippen molar-refractivity contribution in [3.63, 3.8) is 0 Å². The van der Waals surface area contributed by atoms with Crippen LogP contribution in [0.2, 0.25) is 0 Å². The molecule has 0 saturated carbocycles. The van der Waals surface area contributed by atoms with Gasteiger partial charge in [-0.05, 0) is 19.8 Å². The Labute approximate surface area is 83.2 Å². The zero-order valence-electron chi connectivity index (χ0n) is 8.36. The van der Waals surface area contributed by atoms with Gasteiger partial charge in [-0.15, -0.1) is 0 Å². The SMILES string of the molecule is CCOC(=O)C(N)C(=O)N1CCCC1. The number of esters is 1. The molecular formula is C9H16N2O3. The smallest absolute Gasteiger partial charge is 0.332 e. The minimum Gasteiger partial charge on any atom is -0.464 e. The number of hydrogen-bond donors (Lipinski definition) is 1. The van der Waals surface area contributed by atoms with Gasteiger partial charge in [-0.1, -0.05) is 0 Å². The summed E-state index contributed by atoms with van der Waals surface area (Å²) in [7, 11) is 0. The van der Waals surface area contributed by atoms with Crippen molar-refractivity contribution in [1.82, 2.24) is 4.90 Å². The molecule has 0 aromatic rings. The van der Waals surface area contributed by atoms with Gasteiger partial charge in [0, 0.05) is 13.1 Å². The van der Waals surface area contributed by atoms with Crippen LogP contribution in [0.15, 0.2) is 0 Å². The lowest BCUT2D eigenvalue weighted by Gasteiger charge is -2.18. The molecule has 1 unspecified atom stereocenters. The fourth-order valence-corrected chi connectivity index (χ4v) is 1.47. The van der Waals surface area contributed by atoms with Crippen molar-refractivity contribution in [2.75, 3.05) is 19.7 Å². The third-order valence-corrected chi connectivity index (χ3v) is 2.22. The first-order chi connectivity index (χ1) is 6.66. The van der Waals surface area contributed by atoms with Gasteiger partial charge in [-0.25, -0.2) is 4.79 Å². The summed E-state index contributed by atoms with van der Waals surface area (Å²) in [6.07, 6.45) is 1.97. The van der Waals surface area contributed by atoms with Crippen LogP contribution >= 0.6 is 0 Å². The van der Waals surface area contributed by atoms with Crippen LogP contribution in [0.1, 0.15) is 19.8 Å². The van der Waals surface area contributed by atoms with E-state index in [1.807, 2.05) is 0 Å². The largest absolute Gasteiger partial charge is 0.464 e. The van der Waals surface area contributed by atoms with Crippen molar-refractivity contribution in [2.24, 2.45) is 5.73 Å². The average molecular weight is 200 g/mol. The molecule has 5 nitrogen and oxygen atoms in total. The lowest BCUT2D eigenvalue weighted by molar-refractivity contribution is -0.150. The Kier molecular flexibility index (Phi) is 3.88. The minimum absolute atomic E-state index is 0.250. The number of carbonyl (C=O) groups excluding carboxylic acids is 2. The molecule has 80 valence electrons. The van der Waals surface area contributed by atoms with Gasteiger partial charge in [-0.2, -0.15) is 0 Å². The van der Waals surface area contributed by atoms with Gasteiger partial charge in [0.2, 0.25) is 0 Å². The number of hydrogen-bond acceptors (Lipinski definition) is 4. The van der Waals surface area contributed by atoms with Gasteiger partial charge in [0.15, 0.2) is 6.04 Å². The van der Waals surface area contributed by atoms with E-state index in [4.69, 9.17) is 5.73 Å². The number of carbonyl (C=O) groups is 2. The maximum atomic E-state index is 11.6. The highest BCUT2D eigenvalue weighted by Crippen LogP contribution is 2.08. The summed E-state index contributed by atoms with van der Waals surface area (Å²) in [6.45, 7) is 3.34. The van der Waals surface area contributed by atoms with Crippen LogP contribution in [0.4, 0.5) is 0 Å². The zero-order valence-corrected chi connectivity index (χ0v) is 8.36. The predicted molar refractivity (Wildman–Crippen MR) is 50.4 cm³/mol. The van der Waals surface area contributed by atoms with Crippen molar-refractivity contribution in [3.8, 4) is 0 Å². The summed E-state index contributed by atoms with van der Waals surface area (Å²) < 4.78 is 4.67. The van der Waals surface area contributed by atoms with E-state index in [2.05, 4.69) is 4.74 Å². The molecule has 1 atom stereocenters. The van der Waals surface area contributed by atoms with E-state index in [-0.39, 0.29) is 12.5 Å². The van der Waals surface area contributed by atoms with Crippen LogP contribution in [0.5, 0.6) is 0 Å². The van der Waals surface area contributed by atoms with Crippen LogP contribution in [0.25, 0.3) is 0 Å². The number of nitrogens with zero attached hydrogens (tertiary/aromatic N) is 1. The molecule has 5 heteroatoms. The molecular weight excluding hydrogens is 184 g/mol. The Morgan fingerprint density at radius 2 is 2.00 bits per heavy atom. The number of amides is 1. The highest BCUT2D eigenvalue weighted by molar-refractivity contribution is 6.01. The van der Waals surface area contributed by atoms with E-state index in [1.54, 1.807) is 11.8 Å². The van der Waals surface area contributed by atoms with Crippen molar-refractivity contribution in [2.45, 2.75) is 25.8 Å². The molecule has 0 aliphatic carbocycles. The van der Waals surface area contributed by atoms with Crippen molar-refractivity contribution >= 4 is 11.9 Å². The second-order valence-corrected chi connectivity index (χ2v) is 3.26. The van der Waals surface area contributed by atoms with Crippen LogP contribution in [-0.2, 0) is 14.3 Å². The van der Waals surface area contributed by atoms with Crippen LogP contribution in [0.3, 0.4) is 0 Å². The highest BCUT2D eigenvalue weighted by atomic mass is 16.5. The molecule has 1 aliphatic rings. The van der Waals surface area contributed by atoms with E-state index in [0.29, 0.717) is 13.1 Å². The normalized spacial score (nSPS) is 18.0.